The first-order valence-corrected chi connectivity index (χ1v) is 8.87. The Balaban J connectivity index is 1.69. The van der Waals surface area contributed by atoms with Crippen LogP contribution in [0.3, 0.4) is 0 Å². The van der Waals surface area contributed by atoms with E-state index < -0.39 is 0 Å². The lowest BCUT2D eigenvalue weighted by molar-refractivity contribution is -0.122. The van der Waals surface area contributed by atoms with Crippen molar-refractivity contribution in [1.82, 2.24) is 5.32 Å². The van der Waals surface area contributed by atoms with Crippen LogP contribution in [0.25, 0.3) is 0 Å². The minimum absolute atomic E-state index is 0.226. The first-order chi connectivity index (χ1) is 9.29. The number of hydrogen-bond acceptors (Lipinski definition) is 3. The summed E-state index contributed by atoms with van der Waals surface area (Å²) in [5.74, 6) is 1.37. The number of carbonyl (C=O) groups is 1. The number of amides is 1. The van der Waals surface area contributed by atoms with Crippen molar-refractivity contribution in [2.45, 2.75) is 75.7 Å². The molecule has 0 aromatic rings. The second-order valence-corrected chi connectivity index (χ2v) is 7.14. The van der Waals surface area contributed by atoms with Crippen LogP contribution in [0.15, 0.2) is 0 Å². The van der Waals surface area contributed by atoms with Crippen LogP contribution in [-0.4, -0.2) is 35.7 Å². The van der Waals surface area contributed by atoms with Gasteiger partial charge in [-0.2, -0.15) is 11.8 Å². The second kappa shape index (κ2) is 8.15. The van der Waals surface area contributed by atoms with Crippen molar-refractivity contribution in [2.24, 2.45) is 0 Å². The van der Waals surface area contributed by atoms with Crippen LogP contribution in [0, 0.1) is 0 Å². The van der Waals surface area contributed by atoms with E-state index in [1.807, 2.05) is 11.8 Å². The number of carbonyl (C=O) groups excluding carboxylic acids is 1. The zero-order valence-corrected chi connectivity index (χ0v) is 12.8. The average molecular weight is 285 g/mol. The van der Waals surface area contributed by atoms with Crippen LogP contribution in [0.4, 0.5) is 0 Å². The summed E-state index contributed by atoms with van der Waals surface area (Å²) >= 11 is 2.01. The Morgan fingerprint density at radius 3 is 2.84 bits per heavy atom. The quantitative estimate of drug-likeness (QED) is 0.815. The maximum atomic E-state index is 12.0. The molecule has 110 valence electrons. The molecule has 2 fully saturated rings. The Hall–Kier alpha value is -0.220. The third kappa shape index (κ3) is 4.99. The fraction of sp³-hybridized carbons (Fsp3) is 0.933. The minimum atomic E-state index is 0.226. The number of thioether (sulfide) groups is 1. The number of hydrogen-bond donors (Lipinski definition) is 1. The van der Waals surface area contributed by atoms with Crippen LogP contribution in [-0.2, 0) is 9.53 Å². The molecule has 1 N–H and O–H groups in total. The SMILES string of the molecule is CCS[C@@H]1CCCC[C@H]1NC(=O)CC[C@@H]1CCCO1. The van der Waals surface area contributed by atoms with E-state index in [1.165, 1.54) is 19.3 Å². The molecule has 1 heterocycles. The first kappa shape index (κ1) is 15.2. The van der Waals surface area contributed by atoms with Crippen LogP contribution >= 0.6 is 11.8 Å². The predicted octanol–water partition coefficient (Wildman–Crippen LogP) is 3.13. The Bertz CT molecular complexity index is 277. The highest BCUT2D eigenvalue weighted by molar-refractivity contribution is 7.99. The Kier molecular flexibility index (Phi) is 6.51. The Morgan fingerprint density at radius 1 is 1.26 bits per heavy atom. The molecule has 0 aromatic heterocycles. The summed E-state index contributed by atoms with van der Waals surface area (Å²) in [7, 11) is 0. The summed E-state index contributed by atoms with van der Waals surface area (Å²) < 4.78 is 5.57. The highest BCUT2D eigenvalue weighted by atomic mass is 32.2. The topological polar surface area (TPSA) is 38.3 Å². The minimum Gasteiger partial charge on any atom is -0.378 e. The van der Waals surface area contributed by atoms with Crippen LogP contribution < -0.4 is 5.32 Å². The maximum Gasteiger partial charge on any atom is 0.220 e. The molecule has 4 heteroatoms. The molecular formula is C15H27NO2S. The Labute approximate surface area is 121 Å². The normalized spacial score (nSPS) is 31.3. The lowest BCUT2D eigenvalue weighted by Crippen LogP contribution is -2.44. The van der Waals surface area contributed by atoms with Crippen molar-refractivity contribution in [2.75, 3.05) is 12.4 Å². The van der Waals surface area contributed by atoms with E-state index in [-0.39, 0.29) is 5.91 Å². The van der Waals surface area contributed by atoms with Gasteiger partial charge < -0.3 is 10.1 Å². The van der Waals surface area contributed by atoms with E-state index in [0.717, 1.165) is 38.0 Å². The molecule has 2 rings (SSSR count). The van der Waals surface area contributed by atoms with Gasteiger partial charge in [-0.15, -0.1) is 0 Å². The first-order valence-electron chi connectivity index (χ1n) is 7.82. The van der Waals surface area contributed by atoms with Gasteiger partial charge in [-0.05, 0) is 37.9 Å². The van der Waals surface area contributed by atoms with Gasteiger partial charge in [0.25, 0.3) is 0 Å². The molecule has 2 aliphatic rings. The van der Waals surface area contributed by atoms with E-state index in [9.17, 15) is 4.79 Å². The smallest absolute Gasteiger partial charge is 0.220 e. The molecule has 1 aliphatic heterocycles. The van der Waals surface area contributed by atoms with Gasteiger partial charge in [-0.25, -0.2) is 0 Å². The zero-order chi connectivity index (χ0) is 13.5. The molecule has 0 spiro atoms. The Morgan fingerprint density at radius 2 is 2.11 bits per heavy atom. The molecule has 0 aromatic carbocycles. The largest absolute Gasteiger partial charge is 0.378 e. The van der Waals surface area contributed by atoms with E-state index in [1.54, 1.807) is 0 Å². The van der Waals surface area contributed by atoms with Gasteiger partial charge in [0, 0.05) is 24.3 Å². The predicted molar refractivity (Wildman–Crippen MR) is 80.5 cm³/mol. The van der Waals surface area contributed by atoms with Crippen LogP contribution in [0.2, 0.25) is 0 Å². The number of nitrogens with one attached hydrogen (secondary N) is 1. The standard InChI is InChI=1S/C15H27NO2S/c1-2-19-14-8-4-3-7-13(14)16-15(17)10-9-12-6-5-11-18-12/h12-14H,2-11H2,1H3,(H,16,17)/t12-,13+,14+/m0/s1. The summed E-state index contributed by atoms with van der Waals surface area (Å²) in [6.07, 6.45) is 9.14. The monoisotopic (exact) mass is 285 g/mol. The summed E-state index contributed by atoms with van der Waals surface area (Å²) in [6, 6.07) is 0.399. The molecule has 0 bridgehead atoms. The summed E-state index contributed by atoms with van der Waals surface area (Å²) in [6.45, 7) is 3.08. The zero-order valence-electron chi connectivity index (χ0n) is 12.0. The van der Waals surface area contributed by atoms with Crippen LogP contribution in [0.5, 0.6) is 0 Å². The van der Waals surface area contributed by atoms with Crippen molar-refractivity contribution in [3.8, 4) is 0 Å². The summed E-state index contributed by atoms with van der Waals surface area (Å²) in [5, 5.41) is 3.89. The number of ether oxygens (including phenoxy) is 1. The third-order valence-corrected chi connectivity index (χ3v) is 5.47. The van der Waals surface area contributed by atoms with E-state index >= 15 is 0 Å². The molecule has 1 saturated carbocycles. The molecule has 3 atom stereocenters. The lowest BCUT2D eigenvalue weighted by atomic mass is 9.94. The highest BCUT2D eigenvalue weighted by Crippen LogP contribution is 2.28. The summed E-state index contributed by atoms with van der Waals surface area (Å²) in [5.41, 5.74) is 0. The lowest BCUT2D eigenvalue weighted by Gasteiger charge is -2.31. The fourth-order valence-electron chi connectivity index (χ4n) is 3.12. The van der Waals surface area contributed by atoms with Crippen molar-refractivity contribution in [3.63, 3.8) is 0 Å². The van der Waals surface area contributed by atoms with E-state index in [4.69, 9.17) is 4.74 Å². The van der Waals surface area contributed by atoms with Gasteiger partial charge in [-0.3, -0.25) is 4.79 Å². The fourth-order valence-corrected chi connectivity index (χ4v) is 4.32. The maximum absolute atomic E-state index is 12.0. The molecule has 19 heavy (non-hydrogen) atoms. The average Bonchev–Trinajstić information content (AvgIpc) is 2.92. The molecule has 0 radical (unpaired) electrons. The molecule has 0 unspecified atom stereocenters. The van der Waals surface area contributed by atoms with Crippen molar-refractivity contribution in [3.05, 3.63) is 0 Å². The molecule has 1 aliphatic carbocycles. The highest BCUT2D eigenvalue weighted by Gasteiger charge is 2.26. The molecular weight excluding hydrogens is 258 g/mol. The van der Waals surface area contributed by atoms with Crippen molar-refractivity contribution in [1.29, 1.82) is 0 Å². The van der Waals surface area contributed by atoms with E-state index in [2.05, 4.69) is 12.2 Å². The number of rotatable bonds is 6. The second-order valence-electron chi connectivity index (χ2n) is 5.63. The third-order valence-electron chi connectivity index (χ3n) is 4.15. The molecule has 3 nitrogen and oxygen atoms in total. The van der Waals surface area contributed by atoms with Gasteiger partial charge in [-0.1, -0.05) is 19.8 Å². The molecule has 1 amide bonds. The molecule has 1 saturated heterocycles. The summed E-state index contributed by atoms with van der Waals surface area (Å²) in [4.78, 5) is 12.0. The van der Waals surface area contributed by atoms with Crippen molar-refractivity contribution < 1.29 is 9.53 Å². The van der Waals surface area contributed by atoms with E-state index in [0.29, 0.717) is 23.8 Å². The van der Waals surface area contributed by atoms with Gasteiger partial charge in [0.2, 0.25) is 5.91 Å². The van der Waals surface area contributed by atoms with Gasteiger partial charge in [0.15, 0.2) is 0 Å². The van der Waals surface area contributed by atoms with Crippen molar-refractivity contribution >= 4 is 17.7 Å². The van der Waals surface area contributed by atoms with Gasteiger partial charge >= 0.3 is 0 Å². The van der Waals surface area contributed by atoms with Gasteiger partial charge in [0.05, 0.1) is 6.10 Å². The van der Waals surface area contributed by atoms with Gasteiger partial charge in [0.1, 0.15) is 0 Å². The van der Waals surface area contributed by atoms with Crippen LogP contribution in [0.1, 0.15) is 58.3 Å².